The number of nitrogens with one attached hydrogen (secondary N) is 1. The quantitative estimate of drug-likeness (QED) is 0.664. The topological polar surface area (TPSA) is 113 Å². The molecule has 1 aromatic heterocycles. The van der Waals surface area contributed by atoms with Gasteiger partial charge >= 0.3 is 0 Å². The SMILES string of the molecule is C[C@H]1CC[C@@]2(CC(CF)=NO2)[C@H]2CN1C(=O)c1c(O)c(=O)c(C(=O)NCc3ccc(F)cc3F)cn12. The number of aromatic nitrogens is 1. The average Bonchev–Trinajstić information content (AvgIpc) is 3.23. The molecule has 9 nitrogen and oxygen atoms in total. The lowest BCUT2D eigenvalue weighted by atomic mass is 9.84. The summed E-state index contributed by atoms with van der Waals surface area (Å²) in [4.78, 5) is 46.4. The number of carbonyl (C=O) groups is 2. The van der Waals surface area contributed by atoms with Crippen molar-refractivity contribution in [3.05, 3.63) is 63.1 Å². The Hall–Kier alpha value is -3.83. The molecule has 2 amide bonds. The van der Waals surface area contributed by atoms with Crippen LogP contribution in [0.3, 0.4) is 0 Å². The van der Waals surface area contributed by atoms with Gasteiger partial charge in [0.2, 0.25) is 5.43 Å². The van der Waals surface area contributed by atoms with Crippen molar-refractivity contribution in [1.29, 1.82) is 0 Å². The van der Waals surface area contributed by atoms with Crippen molar-refractivity contribution in [3.63, 3.8) is 0 Å². The summed E-state index contributed by atoms with van der Waals surface area (Å²) in [5.74, 6) is -4.05. The Morgan fingerprint density at radius 1 is 1.33 bits per heavy atom. The van der Waals surface area contributed by atoms with Gasteiger partial charge in [-0.2, -0.15) is 0 Å². The minimum atomic E-state index is -1.07. The van der Waals surface area contributed by atoms with Gasteiger partial charge in [-0.15, -0.1) is 0 Å². The maximum atomic E-state index is 14.0. The van der Waals surface area contributed by atoms with E-state index in [0.29, 0.717) is 18.9 Å². The maximum absolute atomic E-state index is 14.0. The smallest absolute Gasteiger partial charge is 0.274 e. The van der Waals surface area contributed by atoms with Crippen LogP contribution in [0.5, 0.6) is 5.75 Å². The Bertz CT molecular complexity index is 1360. The largest absolute Gasteiger partial charge is 0.503 e. The zero-order valence-electron chi connectivity index (χ0n) is 19.3. The molecule has 1 fully saturated rings. The van der Waals surface area contributed by atoms with E-state index in [4.69, 9.17) is 4.84 Å². The minimum absolute atomic E-state index is 0.00943. The molecule has 190 valence electrons. The van der Waals surface area contributed by atoms with Gasteiger partial charge in [0.1, 0.15) is 23.9 Å². The van der Waals surface area contributed by atoms with E-state index >= 15 is 0 Å². The van der Waals surface area contributed by atoms with E-state index in [1.54, 1.807) is 0 Å². The average molecular weight is 504 g/mol. The number of halogens is 3. The van der Waals surface area contributed by atoms with Gasteiger partial charge in [-0.25, -0.2) is 13.2 Å². The van der Waals surface area contributed by atoms with Gasteiger partial charge in [0.25, 0.3) is 11.8 Å². The predicted octanol–water partition coefficient (Wildman–Crippen LogP) is 2.43. The fraction of sp³-hybridized carbons (Fsp3) is 0.417. The molecule has 4 heterocycles. The number of oxime groups is 1. The van der Waals surface area contributed by atoms with Crippen molar-refractivity contribution >= 4 is 17.5 Å². The van der Waals surface area contributed by atoms with E-state index in [9.17, 15) is 32.7 Å². The van der Waals surface area contributed by atoms with E-state index in [-0.39, 0.29) is 42.5 Å². The number of alkyl halides is 1. The molecule has 2 aromatic rings. The second-order valence-corrected chi connectivity index (χ2v) is 9.38. The van der Waals surface area contributed by atoms with Crippen LogP contribution < -0.4 is 10.7 Å². The maximum Gasteiger partial charge on any atom is 0.274 e. The molecule has 0 radical (unpaired) electrons. The highest BCUT2D eigenvalue weighted by Crippen LogP contribution is 2.46. The molecule has 2 N–H and O–H groups in total. The van der Waals surface area contributed by atoms with Crippen molar-refractivity contribution in [1.82, 2.24) is 14.8 Å². The molecule has 3 aliphatic heterocycles. The predicted molar refractivity (Wildman–Crippen MR) is 121 cm³/mol. The molecule has 0 saturated carbocycles. The number of amides is 2. The molecule has 3 aliphatic rings. The van der Waals surface area contributed by atoms with E-state index < -0.39 is 58.5 Å². The van der Waals surface area contributed by atoms with Gasteiger partial charge in [-0.05, 0) is 25.8 Å². The molecule has 0 aliphatic carbocycles. The van der Waals surface area contributed by atoms with Crippen molar-refractivity contribution in [2.75, 3.05) is 13.2 Å². The standard InChI is InChI=1S/C24H23F3N4O5/c1-12-4-5-24(7-15(8-25)29-36-24)18-11-30(12)23(35)19-21(33)20(32)16(10-31(18)19)22(34)28-9-13-2-3-14(26)6-17(13)27/h2-3,6,10,12,18,33H,4-5,7-9,11H2,1H3,(H,28,34)/t12-,18+,24+/m0/s1. The second kappa shape index (κ2) is 8.68. The Balaban J connectivity index is 1.54. The van der Waals surface area contributed by atoms with Gasteiger partial charge in [0, 0.05) is 43.4 Å². The molecule has 36 heavy (non-hydrogen) atoms. The molecular formula is C24H23F3N4O5. The first-order valence-corrected chi connectivity index (χ1v) is 11.5. The molecule has 3 atom stereocenters. The number of benzene rings is 1. The number of fused-ring (bicyclic) bond motifs is 5. The lowest BCUT2D eigenvalue weighted by molar-refractivity contribution is -0.0655. The lowest BCUT2D eigenvalue weighted by Gasteiger charge is -2.41. The zero-order valence-corrected chi connectivity index (χ0v) is 19.3. The molecule has 0 unspecified atom stereocenters. The summed E-state index contributed by atoms with van der Waals surface area (Å²) in [7, 11) is 0. The van der Waals surface area contributed by atoms with E-state index in [1.807, 2.05) is 6.92 Å². The highest BCUT2D eigenvalue weighted by Gasteiger charge is 2.54. The van der Waals surface area contributed by atoms with E-state index in [2.05, 4.69) is 10.5 Å². The number of hydrogen-bond acceptors (Lipinski definition) is 6. The Morgan fingerprint density at radius 2 is 2.11 bits per heavy atom. The van der Waals surface area contributed by atoms with Crippen LogP contribution >= 0.6 is 0 Å². The number of carbonyl (C=O) groups excluding carboxylic acids is 2. The van der Waals surface area contributed by atoms with Gasteiger partial charge in [-0.3, -0.25) is 14.4 Å². The summed E-state index contributed by atoms with van der Waals surface area (Å²) in [5, 5.41) is 17.0. The van der Waals surface area contributed by atoms with E-state index in [1.165, 1.54) is 15.7 Å². The van der Waals surface area contributed by atoms with Gasteiger partial charge in [0.15, 0.2) is 17.0 Å². The molecule has 5 rings (SSSR count). The summed E-state index contributed by atoms with van der Waals surface area (Å²) in [6.45, 7) is 0.831. The van der Waals surface area contributed by atoms with Crippen LogP contribution in [0.4, 0.5) is 13.2 Å². The summed E-state index contributed by atoms with van der Waals surface area (Å²) < 4.78 is 41.9. The first-order chi connectivity index (χ1) is 17.1. The Kier molecular flexibility index (Phi) is 5.76. The normalized spacial score (nSPS) is 24.7. The van der Waals surface area contributed by atoms with Crippen LogP contribution in [0.1, 0.15) is 58.6 Å². The fourth-order valence-corrected chi connectivity index (χ4v) is 5.19. The monoisotopic (exact) mass is 504 g/mol. The van der Waals surface area contributed by atoms with Gasteiger partial charge < -0.3 is 24.7 Å². The summed E-state index contributed by atoms with van der Waals surface area (Å²) in [5.41, 5.74) is -2.67. The van der Waals surface area contributed by atoms with Gasteiger partial charge in [-0.1, -0.05) is 11.2 Å². The molecule has 1 spiro atoms. The first-order valence-electron chi connectivity index (χ1n) is 11.5. The van der Waals surface area contributed by atoms with Crippen molar-refractivity contribution in [2.45, 2.75) is 50.4 Å². The van der Waals surface area contributed by atoms with Crippen molar-refractivity contribution < 1.29 is 32.7 Å². The molecule has 2 bridgehead atoms. The van der Waals surface area contributed by atoms with Crippen molar-refractivity contribution in [3.8, 4) is 5.75 Å². The minimum Gasteiger partial charge on any atom is -0.503 e. The Labute approximate surface area is 203 Å². The van der Waals surface area contributed by atoms with Crippen LogP contribution in [0.2, 0.25) is 0 Å². The fourth-order valence-electron chi connectivity index (χ4n) is 5.19. The third kappa shape index (κ3) is 3.71. The lowest BCUT2D eigenvalue weighted by Crippen LogP contribution is -2.52. The van der Waals surface area contributed by atoms with E-state index in [0.717, 1.165) is 12.1 Å². The molecule has 1 aromatic carbocycles. The Morgan fingerprint density at radius 3 is 2.81 bits per heavy atom. The van der Waals surface area contributed by atoms with Crippen LogP contribution in [0.25, 0.3) is 0 Å². The second-order valence-electron chi connectivity index (χ2n) is 9.38. The summed E-state index contributed by atoms with van der Waals surface area (Å²) >= 11 is 0. The number of aromatic hydroxyl groups is 1. The van der Waals surface area contributed by atoms with Crippen LogP contribution in [-0.4, -0.2) is 57.0 Å². The van der Waals surface area contributed by atoms with Crippen LogP contribution in [-0.2, 0) is 11.4 Å². The molecular weight excluding hydrogens is 481 g/mol. The first kappa shape index (κ1) is 23.9. The third-order valence-corrected chi connectivity index (χ3v) is 7.22. The number of rotatable bonds is 4. The zero-order chi connectivity index (χ0) is 25.8. The van der Waals surface area contributed by atoms with Gasteiger partial charge in [0.05, 0.1) is 11.8 Å². The van der Waals surface area contributed by atoms with Crippen LogP contribution in [0.15, 0.2) is 34.3 Å². The molecule has 1 saturated heterocycles. The number of nitrogens with zero attached hydrogens (tertiary/aromatic N) is 3. The number of hydrogen-bond donors (Lipinski definition) is 2. The molecule has 12 heteroatoms. The summed E-state index contributed by atoms with van der Waals surface area (Å²) in [6, 6.07) is 1.94. The highest BCUT2D eigenvalue weighted by atomic mass is 19.1. The summed E-state index contributed by atoms with van der Waals surface area (Å²) in [6.07, 6.45) is 2.27. The highest BCUT2D eigenvalue weighted by molar-refractivity contribution is 5.99. The van der Waals surface area contributed by atoms with Crippen LogP contribution in [0, 0.1) is 11.6 Å². The van der Waals surface area contributed by atoms with Crippen molar-refractivity contribution in [2.24, 2.45) is 5.16 Å². The third-order valence-electron chi connectivity index (χ3n) is 7.22. The number of pyridine rings is 1.